The van der Waals surface area contributed by atoms with Crippen LogP contribution in [0.1, 0.15) is 32.1 Å². The molecule has 0 unspecified atom stereocenters. The number of anilines is 2. The Labute approximate surface area is 185 Å². The van der Waals surface area contributed by atoms with E-state index in [4.69, 9.17) is 11.5 Å². The van der Waals surface area contributed by atoms with E-state index in [0.29, 0.717) is 11.3 Å². The van der Waals surface area contributed by atoms with Crippen LogP contribution >= 0.6 is 0 Å². The minimum absolute atomic E-state index is 0.00132. The van der Waals surface area contributed by atoms with E-state index in [0.717, 1.165) is 0 Å². The number of carbonyl (C=O) groups is 2. The smallest absolute Gasteiger partial charge is 0.293 e. The second-order valence-corrected chi connectivity index (χ2v) is 6.52. The van der Waals surface area contributed by atoms with Crippen molar-refractivity contribution < 1.29 is 14.2 Å². The lowest BCUT2D eigenvalue weighted by molar-refractivity contribution is 0.0947. The largest absolute Gasteiger partial charge is 0.379 e. The molecular formula is C19H17N11O3. The van der Waals surface area contributed by atoms with Crippen LogP contribution in [0.25, 0.3) is 5.82 Å². The van der Waals surface area contributed by atoms with Gasteiger partial charge in [0.15, 0.2) is 5.69 Å². The van der Waals surface area contributed by atoms with Gasteiger partial charge in [0.25, 0.3) is 11.8 Å². The van der Waals surface area contributed by atoms with Gasteiger partial charge in [-0.3, -0.25) is 14.6 Å². The molecule has 3 heterocycles. The van der Waals surface area contributed by atoms with Gasteiger partial charge in [0.05, 0.1) is 24.0 Å². The third-order valence-electron chi connectivity index (χ3n) is 4.38. The molecule has 0 aliphatic carbocycles. The summed E-state index contributed by atoms with van der Waals surface area (Å²) in [5, 5.41) is 22.1. The van der Waals surface area contributed by atoms with Crippen molar-refractivity contribution in [2.75, 3.05) is 11.1 Å². The van der Waals surface area contributed by atoms with Gasteiger partial charge in [-0.1, -0.05) is 23.4 Å². The summed E-state index contributed by atoms with van der Waals surface area (Å²) in [6.07, 6.45) is 4.63. The van der Waals surface area contributed by atoms with Gasteiger partial charge < -0.3 is 16.8 Å². The average molecular weight is 447 g/mol. The Kier molecular flexibility index (Phi) is 5.97. The third-order valence-corrected chi connectivity index (χ3v) is 4.38. The van der Waals surface area contributed by atoms with Crippen LogP contribution in [0.15, 0.2) is 58.5 Å². The lowest BCUT2D eigenvalue weighted by Crippen LogP contribution is -2.22. The van der Waals surface area contributed by atoms with Gasteiger partial charge in [-0.2, -0.15) is 9.78 Å². The highest BCUT2D eigenvalue weighted by atomic mass is 16.6. The molecule has 0 radical (unpaired) electrons. The highest BCUT2D eigenvalue weighted by molar-refractivity contribution is 5.98. The molecule has 6 N–H and O–H groups in total. The molecule has 33 heavy (non-hydrogen) atoms. The summed E-state index contributed by atoms with van der Waals surface area (Å²) in [6, 6.07) is 10.1. The summed E-state index contributed by atoms with van der Waals surface area (Å²) in [6.45, 7) is -0.00132. The van der Waals surface area contributed by atoms with E-state index in [1.54, 1.807) is 48.8 Å². The van der Waals surface area contributed by atoms with Crippen molar-refractivity contribution in [3.63, 3.8) is 0 Å². The summed E-state index contributed by atoms with van der Waals surface area (Å²) >= 11 is 0. The Morgan fingerprint density at radius 2 is 2.03 bits per heavy atom. The van der Waals surface area contributed by atoms with Gasteiger partial charge in [-0.15, -0.1) is 5.10 Å². The van der Waals surface area contributed by atoms with Crippen molar-refractivity contribution in [2.24, 2.45) is 10.8 Å². The number of nitrogens with one attached hydrogen (secondary N) is 2. The number of nitrogen functional groups attached to an aromatic ring is 1. The number of benzene rings is 1. The van der Waals surface area contributed by atoms with Gasteiger partial charge in [-0.25, -0.2) is 10.1 Å². The van der Waals surface area contributed by atoms with Gasteiger partial charge >= 0.3 is 0 Å². The molecule has 0 bridgehead atoms. The molecule has 0 saturated heterocycles. The van der Waals surface area contributed by atoms with Crippen molar-refractivity contribution in [1.29, 1.82) is 0 Å². The topological polar surface area (TPSA) is 205 Å². The number of nitrogens with two attached hydrogens (primary N) is 2. The van der Waals surface area contributed by atoms with E-state index in [2.05, 4.69) is 46.1 Å². The minimum atomic E-state index is -0.642. The van der Waals surface area contributed by atoms with Crippen molar-refractivity contribution in [1.82, 2.24) is 35.7 Å². The van der Waals surface area contributed by atoms with E-state index in [1.165, 1.54) is 10.9 Å². The number of nitrogens with zero attached hydrogens (tertiary/aromatic N) is 7. The number of para-hydroxylation sites is 1. The summed E-state index contributed by atoms with van der Waals surface area (Å²) in [7, 11) is 0. The fourth-order valence-electron chi connectivity index (χ4n) is 2.85. The number of hydrazone groups is 1. The van der Waals surface area contributed by atoms with Gasteiger partial charge in [0, 0.05) is 23.6 Å². The molecule has 0 aliphatic heterocycles. The monoisotopic (exact) mass is 447 g/mol. The number of amides is 2. The number of aromatic nitrogens is 6. The first-order valence-corrected chi connectivity index (χ1v) is 9.43. The predicted molar refractivity (Wildman–Crippen MR) is 115 cm³/mol. The number of rotatable bonds is 8. The number of hydrogen-bond donors (Lipinski definition) is 4. The van der Waals surface area contributed by atoms with Crippen molar-refractivity contribution in [2.45, 2.75) is 6.54 Å². The maximum absolute atomic E-state index is 12.8. The number of pyridine rings is 1. The summed E-state index contributed by atoms with van der Waals surface area (Å²) in [5.74, 6) is -1.27. The zero-order valence-electron chi connectivity index (χ0n) is 16.9. The molecule has 4 aromatic rings. The highest BCUT2D eigenvalue weighted by Gasteiger charge is 2.24. The zero-order valence-corrected chi connectivity index (χ0v) is 16.9. The van der Waals surface area contributed by atoms with Crippen LogP contribution in [0.3, 0.4) is 0 Å². The normalized spacial score (nSPS) is 10.9. The van der Waals surface area contributed by atoms with E-state index < -0.39 is 11.8 Å². The molecule has 1 aromatic carbocycles. The van der Waals surface area contributed by atoms with Crippen LogP contribution in [-0.4, -0.2) is 48.3 Å². The Morgan fingerprint density at radius 1 is 1.18 bits per heavy atom. The van der Waals surface area contributed by atoms with Gasteiger partial charge in [0.2, 0.25) is 11.6 Å². The van der Waals surface area contributed by atoms with Crippen molar-refractivity contribution in [3.05, 3.63) is 71.3 Å². The first-order valence-electron chi connectivity index (χ1n) is 9.43. The van der Waals surface area contributed by atoms with Crippen LogP contribution in [0.2, 0.25) is 0 Å². The molecule has 2 amide bonds. The Hall–Kier alpha value is -5.14. The van der Waals surface area contributed by atoms with E-state index in [-0.39, 0.29) is 35.1 Å². The highest BCUT2D eigenvalue weighted by Crippen LogP contribution is 2.19. The second kappa shape index (κ2) is 9.34. The first-order chi connectivity index (χ1) is 16.0. The Bertz CT molecular complexity index is 1310. The van der Waals surface area contributed by atoms with E-state index in [1.807, 2.05) is 0 Å². The number of hydrogen-bond acceptors (Lipinski definition) is 11. The molecular weight excluding hydrogens is 430 g/mol. The molecule has 4 rings (SSSR count). The summed E-state index contributed by atoms with van der Waals surface area (Å²) < 4.78 is 5.83. The molecule has 14 heteroatoms. The van der Waals surface area contributed by atoms with Crippen LogP contribution in [0.4, 0.5) is 11.5 Å². The third kappa shape index (κ3) is 4.63. The summed E-state index contributed by atoms with van der Waals surface area (Å²) in [5.41, 5.74) is 15.2. The Morgan fingerprint density at radius 3 is 2.76 bits per heavy atom. The fraction of sp³-hybridized carbons (Fsp3) is 0.0526. The molecule has 0 atom stereocenters. The van der Waals surface area contributed by atoms with E-state index >= 15 is 0 Å². The molecule has 0 spiro atoms. The maximum atomic E-state index is 12.8. The van der Waals surface area contributed by atoms with Crippen molar-refractivity contribution in [3.8, 4) is 5.82 Å². The first kappa shape index (κ1) is 21.1. The van der Waals surface area contributed by atoms with E-state index in [9.17, 15) is 9.59 Å². The van der Waals surface area contributed by atoms with Gasteiger partial charge in [-0.05, 0) is 28.5 Å². The number of carbonyl (C=O) groups excluding carboxylic acids is 2. The van der Waals surface area contributed by atoms with Crippen LogP contribution in [-0.2, 0) is 6.54 Å². The molecule has 166 valence electrons. The maximum Gasteiger partial charge on any atom is 0.293 e. The summed E-state index contributed by atoms with van der Waals surface area (Å²) in [4.78, 5) is 28.4. The predicted octanol–water partition coefficient (Wildman–Crippen LogP) is 0.102. The molecule has 0 saturated carbocycles. The molecule has 14 nitrogen and oxygen atoms in total. The lowest BCUT2D eigenvalue weighted by Gasteiger charge is -2.11. The lowest BCUT2D eigenvalue weighted by atomic mass is 10.1. The molecule has 3 aromatic heterocycles. The Balaban J connectivity index is 1.62. The quantitative estimate of drug-likeness (QED) is 0.212. The number of primary amides is 1. The van der Waals surface area contributed by atoms with Crippen molar-refractivity contribution >= 4 is 29.5 Å². The zero-order chi connectivity index (χ0) is 23.2. The second-order valence-electron chi connectivity index (χ2n) is 6.52. The SMILES string of the molecule is NC(=O)c1ccccc1NCc1c(C(=O)N/N=C/c2cccnc2)nnn1-c1nonc1N. The standard InChI is InChI=1S/C19H17N11O3/c20-16-18(28-33-27-16)30-14(10-23-13-6-2-1-5-12(13)17(21)31)15(25-29-30)19(32)26-24-9-11-4-3-7-22-8-11/h1-9,23H,10H2,(H2,20,27)(H2,21,31)(H,26,32)/b24-9+. The molecule has 0 aliphatic rings. The van der Waals surface area contributed by atoms with Crippen LogP contribution < -0.4 is 22.2 Å². The fourth-order valence-corrected chi connectivity index (χ4v) is 2.85. The molecule has 0 fully saturated rings. The van der Waals surface area contributed by atoms with Crippen LogP contribution in [0, 0.1) is 0 Å². The van der Waals surface area contributed by atoms with Crippen LogP contribution in [0.5, 0.6) is 0 Å². The van der Waals surface area contributed by atoms with Gasteiger partial charge in [0.1, 0.15) is 0 Å². The minimum Gasteiger partial charge on any atom is -0.379 e. The average Bonchev–Trinajstić information content (AvgIpc) is 3.44.